The molecule has 0 aliphatic carbocycles. The smallest absolute Gasteiger partial charge is 0.456 e. The summed E-state index contributed by atoms with van der Waals surface area (Å²) in [5, 5.41) is 15.9. The van der Waals surface area contributed by atoms with E-state index in [9.17, 15) is 0 Å². The number of furan rings is 2. The van der Waals surface area contributed by atoms with Crippen LogP contribution in [0, 0.1) is 49.4 Å². The van der Waals surface area contributed by atoms with Crippen LogP contribution in [0.4, 0.5) is 0 Å². The standard InChI is InChI=1S/2C26H24P2.2C16H6O.4Au/c2*1-5-13-23(14-6-1)27(24-15-7-2-8-16-24)21-22-28(25-17-9-3-10-18-25)26-19-11-4-12-20-26;2*1-3-11-5-7-15-13(9-11)14-10-12(4-2)6-8-16(14)17-15;;;;/h2*1-20H,21-22H2;2*5-10H;;;;/q;;2*-2;4*+1/p+4. The van der Waals surface area contributed by atoms with E-state index in [0.717, 1.165) is 43.9 Å². The van der Waals surface area contributed by atoms with Gasteiger partial charge in [-0.15, -0.1) is 70.8 Å². The number of benzene rings is 12. The Balaban J connectivity index is 0.000000179. The maximum absolute atomic E-state index is 7.14. The van der Waals surface area contributed by atoms with Crippen LogP contribution in [0.25, 0.3) is 43.9 Å². The zero-order valence-electron chi connectivity index (χ0n) is 50.9. The Hall–Kier alpha value is -6.84. The Kier molecular flexibility index (Phi) is 30.7. The first kappa shape index (κ1) is 74.6. The third kappa shape index (κ3) is 19.7. The van der Waals surface area contributed by atoms with Gasteiger partial charge in [-0.2, -0.15) is 0 Å². The average molecular weight is 2020 g/mol. The number of hydrogen-bond donors (Lipinski definition) is 0. The van der Waals surface area contributed by atoms with E-state index in [4.69, 9.17) is 34.5 Å². The van der Waals surface area contributed by atoms with E-state index in [1.165, 1.54) is 67.1 Å². The molecule has 0 N–H and O–H groups in total. The first-order valence-corrected chi connectivity index (χ1v) is 36.8. The van der Waals surface area contributed by atoms with Gasteiger partial charge in [0.15, 0.2) is 0 Å². The van der Waals surface area contributed by atoms with Crippen LogP contribution >= 0.6 is 31.7 Å². The SMILES string of the molecule is [Au+].[Au+].[Au+].[Au+].[C-]#Cc1ccc2oc3ccc(C#[C-])cc3c2c1.[C-]#Cc1ccc2oc3ccc(C#[C-])cc3c2c1.c1ccc([PH+](CC[PH+](c2ccccc2)c2ccccc2)c2ccccc2)cc1.c1ccc([PH+](CC[PH+](c2ccccc2)c2ccccc2)c2ccccc2)cc1. The van der Waals surface area contributed by atoms with Crippen molar-refractivity contribution in [1.82, 2.24) is 0 Å². The van der Waals surface area contributed by atoms with E-state index in [1.54, 1.807) is 24.3 Å². The molecule has 94 heavy (non-hydrogen) atoms. The molecule has 2 nitrogen and oxygen atoms in total. The second kappa shape index (κ2) is 38.6. The molecule has 0 unspecified atom stereocenters. The molecule has 0 bridgehead atoms. The summed E-state index contributed by atoms with van der Waals surface area (Å²) in [5.74, 6) is 9.43. The van der Waals surface area contributed by atoms with E-state index in [2.05, 4.69) is 266 Å². The van der Waals surface area contributed by atoms with Crippen molar-refractivity contribution in [2.75, 3.05) is 24.6 Å². The first-order valence-electron chi connectivity index (χ1n) is 30.0. The van der Waals surface area contributed by atoms with E-state index in [0.29, 0.717) is 22.3 Å². The number of fused-ring (bicyclic) bond motifs is 6. The summed E-state index contributed by atoms with van der Waals surface area (Å²) in [6.07, 6.45) is 33.6. The van der Waals surface area contributed by atoms with Gasteiger partial charge in [0, 0.05) is 21.5 Å². The van der Waals surface area contributed by atoms with Gasteiger partial charge in [-0.25, -0.2) is 0 Å². The largest absolute Gasteiger partial charge is 1.00 e. The molecule has 0 saturated heterocycles. The van der Waals surface area contributed by atoms with E-state index >= 15 is 0 Å². The van der Waals surface area contributed by atoms with Gasteiger partial charge < -0.3 is 34.5 Å². The molecule has 0 aliphatic rings. The van der Waals surface area contributed by atoms with Crippen LogP contribution in [0.15, 0.2) is 324 Å². The molecule has 2 heterocycles. The molecule has 12 aromatic carbocycles. The summed E-state index contributed by atoms with van der Waals surface area (Å²) < 4.78 is 11.3. The molecule has 10 heteroatoms. The fourth-order valence-electron chi connectivity index (χ4n) is 11.3. The molecule has 0 radical (unpaired) electrons. The molecule has 0 spiro atoms. The minimum Gasteiger partial charge on any atom is -0.456 e. The van der Waals surface area contributed by atoms with Crippen molar-refractivity contribution >= 4 is 118 Å². The van der Waals surface area contributed by atoms with Crippen molar-refractivity contribution in [3.05, 3.63) is 363 Å². The second-order valence-corrected chi connectivity index (χ2v) is 31.8. The van der Waals surface area contributed by atoms with E-state index in [-0.39, 0.29) is 89.5 Å². The Morgan fingerprint density at radius 3 is 0.500 bits per heavy atom. The van der Waals surface area contributed by atoms with Crippen molar-refractivity contribution in [2.45, 2.75) is 0 Å². The molecule has 0 fully saturated rings. The Morgan fingerprint density at radius 2 is 0.362 bits per heavy atom. The van der Waals surface area contributed by atoms with Crippen molar-refractivity contribution in [1.29, 1.82) is 0 Å². The van der Waals surface area contributed by atoms with Crippen LogP contribution < -0.4 is 42.4 Å². The molecular weight excluding hydrogens is 1950 g/mol. The van der Waals surface area contributed by atoms with Crippen LogP contribution in [0.2, 0.25) is 0 Å². The van der Waals surface area contributed by atoms with E-state index < -0.39 is 31.7 Å². The molecule has 14 aromatic rings. The summed E-state index contributed by atoms with van der Waals surface area (Å²) in [4.78, 5) is 0. The Morgan fingerprint density at radius 1 is 0.213 bits per heavy atom. The van der Waals surface area contributed by atoms with Gasteiger partial charge in [-0.3, -0.25) is 23.7 Å². The minimum atomic E-state index is -0.783. The van der Waals surface area contributed by atoms with Gasteiger partial charge in [-0.05, 0) is 121 Å². The van der Waals surface area contributed by atoms with Crippen LogP contribution in [0.5, 0.6) is 0 Å². The fourth-order valence-corrected chi connectivity index (χ4v) is 23.7. The topological polar surface area (TPSA) is 26.3 Å². The number of rotatable bonds is 14. The van der Waals surface area contributed by atoms with E-state index in [1.807, 2.05) is 48.5 Å². The van der Waals surface area contributed by atoms with Crippen LogP contribution in [0.3, 0.4) is 0 Å². The van der Waals surface area contributed by atoms with Crippen molar-refractivity contribution in [2.24, 2.45) is 0 Å². The van der Waals surface area contributed by atoms with Crippen molar-refractivity contribution < 1.29 is 98.4 Å². The quantitative estimate of drug-likeness (QED) is 0.0469. The summed E-state index contributed by atoms with van der Waals surface area (Å²) in [5.41, 5.74) is 5.97. The summed E-state index contributed by atoms with van der Waals surface area (Å²) in [6, 6.07) is 111. The molecule has 0 aliphatic heterocycles. The summed E-state index contributed by atoms with van der Waals surface area (Å²) in [7, 11) is -3.13. The number of hydrogen-bond acceptors (Lipinski definition) is 2. The summed E-state index contributed by atoms with van der Waals surface area (Å²) >= 11 is 0. The van der Waals surface area contributed by atoms with Gasteiger partial charge in [0.2, 0.25) is 0 Å². The maximum Gasteiger partial charge on any atom is 1.00 e. The Bertz CT molecular complexity index is 4010. The van der Waals surface area contributed by atoms with Gasteiger partial charge >= 0.3 is 89.5 Å². The van der Waals surface area contributed by atoms with Crippen LogP contribution in [-0.4, -0.2) is 24.6 Å². The Labute approximate surface area is 621 Å². The van der Waals surface area contributed by atoms with Crippen LogP contribution in [0.1, 0.15) is 22.3 Å². The average Bonchev–Trinajstić information content (AvgIpc) is 1.64. The predicted octanol–water partition coefficient (Wildman–Crippen LogP) is 16.3. The predicted molar refractivity (Wildman–Crippen MR) is 394 cm³/mol. The monoisotopic (exact) mass is 2020 g/mol. The third-order valence-corrected chi connectivity index (χ3v) is 28.0. The molecular formula is C84H64Au4O2P4+4. The normalized spacial score (nSPS) is 10.3. The zero-order valence-corrected chi connectivity index (χ0v) is 63.5. The molecule has 0 atom stereocenters. The summed E-state index contributed by atoms with van der Waals surface area (Å²) in [6.45, 7) is 0. The molecule has 0 amide bonds. The van der Waals surface area contributed by atoms with Gasteiger partial charge in [0.25, 0.3) is 0 Å². The first-order chi connectivity index (χ1) is 44.5. The zero-order chi connectivity index (χ0) is 61.7. The fraction of sp³-hybridized carbons (Fsp3) is 0.0476. The van der Waals surface area contributed by atoms with Crippen molar-refractivity contribution in [3.63, 3.8) is 0 Å². The third-order valence-electron chi connectivity index (χ3n) is 15.7. The van der Waals surface area contributed by atoms with Crippen LogP contribution in [-0.2, 0) is 89.5 Å². The van der Waals surface area contributed by atoms with Gasteiger partial charge in [0.1, 0.15) is 47.0 Å². The maximum atomic E-state index is 7.14. The van der Waals surface area contributed by atoms with Gasteiger partial charge in [-0.1, -0.05) is 146 Å². The molecule has 0 saturated carbocycles. The van der Waals surface area contributed by atoms with Crippen molar-refractivity contribution in [3.8, 4) is 23.7 Å². The van der Waals surface area contributed by atoms with Gasteiger partial charge in [0.05, 0.1) is 74.1 Å². The molecule has 14 rings (SSSR count). The second-order valence-electron chi connectivity index (χ2n) is 21.4. The minimum absolute atomic E-state index is 0. The molecule has 2 aromatic heterocycles. The molecule has 472 valence electrons.